The first-order valence-corrected chi connectivity index (χ1v) is 15.0. The molecule has 0 atom stereocenters. The summed E-state index contributed by atoms with van der Waals surface area (Å²) >= 11 is 0. The maximum Gasteiger partial charge on any atom is 0.242 e. The second-order valence-electron chi connectivity index (χ2n) is 5.63. The molecule has 0 aromatic carbocycles. The van der Waals surface area contributed by atoms with E-state index in [4.69, 9.17) is 13.3 Å². The molecule has 0 aliphatic rings. The van der Waals surface area contributed by atoms with Crippen LogP contribution in [0.15, 0.2) is 12.3 Å². The van der Waals surface area contributed by atoms with Crippen LogP contribution in [0.2, 0.25) is 36.3 Å². The minimum absolute atomic E-state index is 0.437. The largest absolute Gasteiger partial charge is 0.375 e. The summed E-state index contributed by atoms with van der Waals surface area (Å²) < 4.78 is 18.9. The molecule has 0 N–H and O–H groups in total. The van der Waals surface area contributed by atoms with Crippen molar-refractivity contribution in [3.05, 3.63) is 12.3 Å². The van der Waals surface area contributed by atoms with Gasteiger partial charge in [-0.15, -0.1) is 6.58 Å². The SMILES string of the molecule is C=C[SiH2]OC(O[Si](CC)(CC)CC)O[Si](CC)(CC)CC. The molecule has 0 unspecified atom stereocenters. The van der Waals surface area contributed by atoms with E-state index >= 15 is 0 Å². The van der Waals surface area contributed by atoms with Gasteiger partial charge in [0, 0.05) is 0 Å². The molecule has 0 bridgehead atoms. The molecule has 6 heteroatoms. The van der Waals surface area contributed by atoms with E-state index in [1.54, 1.807) is 0 Å². The summed E-state index contributed by atoms with van der Waals surface area (Å²) in [6, 6.07) is 6.74. The monoisotopic (exact) mass is 348 g/mol. The molecular formula is C15H36O3Si3. The predicted molar refractivity (Wildman–Crippen MR) is 100 cm³/mol. The number of rotatable bonds is 13. The van der Waals surface area contributed by atoms with Crippen LogP contribution in [0.25, 0.3) is 0 Å². The van der Waals surface area contributed by atoms with Crippen molar-refractivity contribution in [1.29, 1.82) is 0 Å². The van der Waals surface area contributed by atoms with Gasteiger partial charge < -0.3 is 13.3 Å². The lowest BCUT2D eigenvalue weighted by molar-refractivity contribution is -0.154. The lowest BCUT2D eigenvalue weighted by atomic mass is 10.9. The predicted octanol–water partition coefficient (Wildman–Crippen LogP) is 4.56. The summed E-state index contributed by atoms with van der Waals surface area (Å²) in [7, 11) is -4.17. The van der Waals surface area contributed by atoms with Crippen LogP contribution in [0.4, 0.5) is 0 Å². The van der Waals surface area contributed by atoms with Gasteiger partial charge in [-0.25, -0.2) is 0 Å². The van der Waals surface area contributed by atoms with Crippen LogP contribution < -0.4 is 0 Å². The zero-order chi connectivity index (χ0) is 16.4. The average Bonchev–Trinajstić information content (AvgIpc) is 2.55. The van der Waals surface area contributed by atoms with Crippen molar-refractivity contribution in [2.24, 2.45) is 0 Å². The van der Waals surface area contributed by atoms with Gasteiger partial charge in [0.05, 0.1) is 0 Å². The fraction of sp³-hybridized carbons (Fsp3) is 0.867. The van der Waals surface area contributed by atoms with Crippen LogP contribution in [0, 0.1) is 0 Å². The number of hydrogen-bond acceptors (Lipinski definition) is 3. The Balaban J connectivity index is 5.05. The maximum atomic E-state index is 6.46. The Morgan fingerprint density at radius 3 is 1.38 bits per heavy atom. The van der Waals surface area contributed by atoms with Gasteiger partial charge >= 0.3 is 0 Å². The van der Waals surface area contributed by atoms with Gasteiger partial charge in [0.25, 0.3) is 0 Å². The fourth-order valence-corrected chi connectivity index (χ4v) is 8.49. The topological polar surface area (TPSA) is 27.7 Å². The van der Waals surface area contributed by atoms with E-state index in [9.17, 15) is 0 Å². The Labute approximate surface area is 136 Å². The van der Waals surface area contributed by atoms with Crippen LogP contribution in [0.5, 0.6) is 0 Å². The second kappa shape index (κ2) is 10.9. The van der Waals surface area contributed by atoms with E-state index in [1.165, 1.54) is 0 Å². The summed E-state index contributed by atoms with van der Waals surface area (Å²) in [5.74, 6) is 0. The molecule has 0 saturated carbocycles. The molecule has 0 heterocycles. The quantitative estimate of drug-likeness (QED) is 0.361. The van der Waals surface area contributed by atoms with Crippen LogP contribution in [0.3, 0.4) is 0 Å². The van der Waals surface area contributed by atoms with Crippen molar-refractivity contribution in [2.75, 3.05) is 0 Å². The van der Waals surface area contributed by atoms with Crippen LogP contribution in [0.1, 0.15) is 41.5 Å². The molecule has 0 saturated heterocycles. The third kappa shape index (κ3) is 6.50. The number of hydrogen-bond donors (Lipinski definition) is 0. The molecule has 3 nitrogen and oxygen atoms in total. The summed E-state index contributed by atoms with van der Waals surface area (Å²) in [6.07, 6.45) is 0. The van der Waals surface area contributed by atoms with E-state index in [2.05, 4.69) is 48.1 Å². The second-order valence-corrected chi connectivity index (χ2v) is 16.3. The molecule has 0 amide bonds. The normalized spacial score (nSPS) is 13.5. The third-order valence-corrected chi connectivity index (χ3v) is 14.7. The highest BCUT2D eigenvalue weighted by Crippen LogP contribution is 2.29. The molecule has 0 rings (SSSR count). The first kappa shape index (κ1) is 21.3. The molecule has 0 aromatic rings. The molecular weight excluding hydrogens is 312 g/mol. The van der Waals surface area contributed by atoms with Crippen LogP contribution >= 0.6 is 0 Å². The van der Waals surface area contributed by atoms with Crippen LogP contribution in [-0.4, -0.2) is 32.9 Å². The van der Waals surface area contributed by atoms with Crippen molar-refractivity contribution >= 4 is 26.4 Å². The van der Waals surface area contributed by atoms with E-state index in [1.807, 2.05) is 5.70 Å². The van der Waals surface area contributed by atoms with Gasteiger partial charge in [0.2, 0.25) is 6.48 Å². The maximum absolute atomic E-state index is 6.46. The summed E-state index contributed by atoms with van der Waals surface area (Å²) in [5, 5.41) is 0. The van der Waals surface area contributed by atoms with Gasteiger partial charge in [-0.3, -0.25) is 0 Å². The van der Waals surface area contributed by atoms with Gasteiger partial charge in [-0.2, -0.15) is 0 Å². The first-order valence-electron chi connectivity index (χ1n) is 8.58. The van der Waals surface area contributed by atoms with E-state index in [-0.39, 0.29) is 0 Å². The molecule has 21 heavy (non-hydrogen) atoms. The van der Waals surface area contributed by atoms with Crippen molar-refractivity contribution in [1.82, 2.24) is 0 Å². The zero-order valence-electron chi connectivity index (χ0n) is 15.0. The third-order valence-electron chi connectivity index (χ3n) is 4.91. The first-order chi connectivity index (χ1) is 10.0. The Morgan fingerprint density at radius 2 is 1.14 bits per heavy atom. The summed E-state index contributed by atoms with van der Waals surface area (Å²) in [4.78, 5) is 0. The Kier molecular flexibility index (Phi) is 11.0. The minimum Gasteiger partial charge on any atom is -0.375 e. The Bertz CT molecular complexity index is 241. The van der Waals surface area contributed by atoms with Gasteiger partial charge in [-0.05, 0) is 36.3 Å². The van der Waals surface area contributed by atoms with Crippen LogP contribution in [-0.2, 0) is 13.3 Å². The molecule has 0 radical (unpaired) electrons. The van der Waals surface area contributed by atoms with Crippen molar-refractivity contribution in [3.8, 4) is 0 Å². The molecule has 126 valence electrons. The highest BCUT2D eigenvalue weighted by Gasteiger charge is 2.37. The fourth-order valence-electron chi connectivity index (χ4n) is 2.65. The zero-order valence-corrected chi connectivity index (χ0v) is 18.5. The highest BCUT2D eigenvalue weighted by molar-refractivity contribution is 6.74. The molecule has 0 fully saturated rings. The standard InChI is InChI=1S/C15H36O3Si3/c1-8-19-16-15(17-20(9-2,10-3)11-4)18-21(12-5,13-6)14-7/h8,15H,1,9-14,19H2,2-7H3. The van der Waals surface area contributed by atoms with Gasteiger partial charge in [0.15, 0.2) is 26.4 Å². The van der Waals surface area contributed by atoms with E-state index in [0.29, 0.717) is 0 Å². The van der Waals surface area contributed by atoms with E-state index < -0.39 is 32.9 Å². The molecule has 0 aromatic heterocycles. The Morgan fingerprint density at radius 1 is 0.810 bits per heavy atom. The lowest BCUT2D eigenvalue weighted by Crippen LogP contribution is -2.48. The Hall–Kier alpha value is 0.271. The summed E-state index contributed by atoms with van der Waals surface area (Å²) in [5.41, 5.74) is 1.90. The molecule has 0 aliphatic carbocycles. The molecule has 0 aliphatic heterocycles. The smallest absolute Gasteiger partial charge is 0.242 e. The highest BCUT2D eigenvalue weighted by atomic mass is 28.4. The van der Waals surface area contributed by atoms with E-state index in [0.717, 1.165) is 36.3 Å². The van der Waals surface area contributed by atoms with Crippen molar-refractivity contribution in [2.45, 2.75) is 84.3 Å². The molecule has 0 spiro atoms. The van der Waals surface area contributed by atoms with Gasteiger partial charge in [-0.1, -0.05) is 47.2 Å². The minimum atomic E-state index is -1.71. The average molecular weight is 349 g/mol. The van der Waals surface area contributed by atoms with Gasteiger partial charge in [0.1, 0.15) is 0 Å². The summed E-state index contributed by atoms with van der Waals surface area (Å²) in [6.45, 7) is 16.8. The van der Waals surface area contributed by atoms with Crippen molar-refractivity contribution in [3.63, 3.8) is 0 Å². The lowest BCUT2D eigenvalue weighted by Gasteiger charge is -2.38. The van der Waals surface area contributed by atoms with Crippen molar-refractivity contribution < 1.29 is 13.3 Å².